The van der Waals surface area contributed by atoms with Gasteiger partial charge in [-0.1, -0.05) is 40.7 Å². The van der Waals surface area contributed by atoms with Crippen molar-refractivity contribution in [3.05, 3.63) is 47.5 Å². The van der Waals surface area contributed by atoms with E-state index in [1.807, 2.05) is 51.3 Å². The number of benzene rings is 1. The largest absolute Gasteiger partial charge is 0.755 e. The Kier molecular flexibility index (Phi) is 12.7. The number of alkyl halides is 1. The minimum Gasteiger partial charge on any atom is -0.755 e. The summed E-state index contributed by atoms with van der Waals surface area (Å²) in [5.41, 5.74) is 0.617. The lowest BCUT2D eigenvalue weighted by molar-refractivity contribution is -0.149. The fourth-order valence-corrected chi connectivity index (χ4v) is 10.3. The van der Waals surface area contributed by atoms with Gasteiger partial charge in [0.25, 0.3) is 5.91 Å². The highest BCUT2D eigenvalue weighted by Gasteiger charge is 2.63. The number of halogens is 1. The molecule has 7 rings (SSSR count). The molecule has 3 aromatic rings. The maximum atomic E-state index is 15.0. The van der Waals surface area contributed by atoms with Gasteiger partial charge in [0.05, 0.1) is 48.6 Å². The van der Waals surface area contributed by atoms with Crippen LogP contribution in [0.5, 0.6) is 11.5 Å². The predicted molar refractivity (Wildman–Crippen MR) is 229 cm³/mol. The second kappa shape index (κ2) is 17.4. The number of nitrogens with one attached hydrogen (secondary N) is 1. The molecule has 7 atom stereocenters. The normalized spacial score (nSPS) is 25.0. The highest BCUT2D eigenvalue weighted by molar-refractivity contribution is 7.77. The van der Waals surface area contributed by atoms with E-state index in [2.05, 4.69) is 25.7 Å². The molecule has 1 N–H and O–H groups in total. The highest BCUT2D eigenvalue weighted by Crippen LogP contribution is 2.48. The van der Waals surface area contributed by atoms with Gasteiger partial charge in [0.15, 0.2) is 0 Å². The van der Waals surface area contributed by atoms with Crippen molar-refractivity contribution in [3.8, 4) is 22.2 Å². The van der Waals surface area contributed by atoms with Crippen LogP contribution in [0.15, 0.2) is 36.2 Å². The van der Waals surface area contributed by atoms with Gasteiger partial charge in [0.1, 0.15) is 46.1 Å². The number of amides is 4. The lowest BCUT2D eigenvalue weighted by Gasteiger charge is -2.37. The summed E-state index contributed by atoms with van der Waals surface area (Å²) in [6.45, 7) is 15.7. The minimum atomic E-state index is -2.86. The number of rotatable bonds is 14. The van der Waals surface area contributed by atoms with Crippen LogP contribution in [0.4, 0.5) is 4.39 Å². The Balaban J connectivity index is 1.24. The third kappa shape index (κ3) is 9.06. The number of carbonyl (C=O) groups is 4. The lowest BCUT2D eigenvalue weighted by atomic mass is 9.77. The fourth-order valence-electron chi connectivity index (χ4n) is 8.63. The van der Waals surface area contributed by atoms with E-state index in [9.17, 15) is 32.3 Å². The van der Waals surface area contributed by atoms with Crippen LogP contribution >= 0.6 is 11.3 Å². The summed E-state index contributed by atoms with van der Waals surface area (Å²) in [6, 6.07) is 3.85. The first-order valence-electron chi connectivity index (χ1n) is 21.1. The average molecular weight is 880 g/mol. The van der Waals surface area contributed by atoms with Crippen molar-refractivity contribution in [2.75, 3.05) is 26.7 Å². The molecule has 0 spiro atoms. The Labute approximate surface area is 363 Å². The number of pyridine rings is 1. The van der Waals surface area contributed by atoms with Crippen molar-refractivity contribution < 1.29 is 41.8 Å². The molecule has 61 heavy (non-hydrogen) atoms. The Morgan fingerprint density at radius 2 is 1.90 bits per heavy atom. The van der Waals surface area contributed by atoms with Gasteiger partial charge >= 0.3 is 0 Å². The van der Waals surface area contributed by atoms with Crippen molar-refractivity contribution >= 4 is 57.1 Å². The van der Waals surface area contributed by atoms with Crippen LogP contribution in [0, 0.1) is 24.2 Å². The maximum absolute atomic E-state index is 15.0. The summed E-state index contributed by atoms with van der Waals surface area (Å²) >= 11 is -1.39. The van der Waals surface area contributed by atoms with Crippen LogP contribution < -0.4 is 14.8 Å². The van der Waals surface area contributed by atoms with Crippen molar-refractivity contribution in [2.45, 2.75) is 122 Å². The predicted octanol–water partition coefficient (Wildman–Crippen LogP) is 6.01. The first-order chi connectivity index (χ1) is 28.9. The molecule has 0 radical (unpaired) electrons. The molecule has 2 aliphatic heterocycles. The number of hydrogen-bond donors (Lipinski definition) is 1. The Bertz CT molecular complexity index is 2240. The van der Waals surface area contributed by atoms with Gasteiger partial charge in [-0.25, -0.2) is 14.4 Å². The first kappa shape index (κ1) is 44.6. The quantitative estimate of drug-likeness (QED) is 0.149. The number of aromatic nitrogens is 2. The number of hydrogen-bond acceptors (Lipinski definition) is 11. The Morgan fingerprint density at radius 1 is 1.16 bits per heavy atom. The summed E-state index contributed by atoms with van der Waals surface area (Å²) in [6.07, 6.45) is 1.58. The van der Waals surface area contributed by atoms with Gasteiger partial charge in [0, 0.05) is 53.7 Å². The van der Waals surface area contributed by atoms with E-state index in [0.717, 1.165) is 15.6 Å². The van der Waals surface area contributed by atoms with E-state index in [1.165, 1.54) is 27.2 Å². The molecule has 2 aliphatic carbocycles. The Hall–Kier alpha value is -4.48. The number of thiazole rings is 1. The van der Waals surface area contributed by atoms with Crippen molar-refractivity contribution in [2.24, 2.45) is 17.3 Å². The molecule has 0 bridgehead atoms. The van der Waals surface area contributed by atoms with Crippen LogP contribution in [-0.4, -0.2) is 113 Å². The summed E-state index contributed by atoms with van der Waals surface area (Å²) in [4.78, 5) is 70.1. The molecule has 14 nitrogen and oxygen atoms in total. The minimum absolute atomic E-state index is 0.0178. The molecule has 4 heterocycles. The molecule has 3 unspecified atom stereocenters. The molecule has 4 amide bonds. The molecular formula is C44H56FN6O8S2-. The summed E-state index contributed by atoms with van der Waals surface area (Å²) < 4.78 is 52.3. The zero-order valence-electron chi connectivity index (χ0n) is 35.9. The Morgan fingerprint density at radius 3 is 2.49 bits per heavy atom. The molecule has 4 aliphatic rings. The number of methoxy groups -OCH3 is 1. The molecule has 1 aromatic carbocycles. The van der Waals surface area contributed by atoms with Gasteiger partial charge in [-0.2, -0.15) is 0 Å². The number of aryl methyl sites for hydroxylation is 1. The van der Waals surface area contributed by atoms with Crippen molar-refractivity contribution in [1.82, 2.24) is 29.4 Å². The fraction of sp³-hybridized carbons (Fsp3) is 0.591. The van der Waals surface area contributed by atoms with Gasteiger partial charge in [-0.3, -0.25) is 27.7 Å². The third-order valence-electron chi connectivity index (χ3n) is 12.5. The topological polar surface area (TPSA) is 174 Å². The van der Waals surface area contributed by atoms with Crippen molar-refractivity contribution in [1.29, 1.82) is 0 Å². The van der Waals surface area contributed by atoms with Gasteiger partial charge in [-0.05, 0) is 62.5 Å². The van der Waals surface area contributed by atoms with Crippen LogP contribution in [0.25, 0.3) is 21.6 Å². The summed E-state index contributed by atoms with van der Waals surface area (Å²) in [5, 5.41) is 6.27. The number of fused-ring (bicyclic) bond motifs is 1. The maximum Gasteiger partial charge on any atom is 0.260 e. The second-order valence-electron chi connectivity index (χ2n) is 18.3. The van der Waals surface area contributed by atoms with Crippen LogP contribution in [0.3, 0.4) is 0 Å². The van der Waals surface area contributed by atoms with E-state index in [0.29, 0.717) is 65.3 Å². The summed E-state index contributed by atoms with van der Waals surface area (Å²) in [5.74, 6) is -2.31. The number of piperidine rings is 1. The molecule has 17 heteroatoms. The second-order valence-corrected chi connectivity index (χ2v) is 20.0. The average Bonchev–Trinajstić information content (AvgIpc) is 4.06. The van der Waals surface area contributed by atoms with E-state index in [1.54, 1.807) is 7.11 Å². The van der Waals surface area contributed by atoms with E-state index in [-0.39, 0.29) is 44.2 Å². The highest BCUT2D eigenvalue weighted by atomic mass is 32.2. The van der Waals surface area contributed by atoms with E-state index >= 15 is 0 Å². The van der Waals surface area contributed by atoms with Crippen molar-refractivity contribution in [3.63, 3.8) is 0 Å². The first-order valence-corrected chi connectivity index (χ1v) is 23.0. The monoisotopic (exact) mass is 879 g/mol. The molecule has 2 saturated carbocycles. The number of likely N-dealkylation sites (tertiary alicyclic amines) is 2. The smallest absolute Gasteiger partial charge is 0.260 e. The van der Waals surface area contributed by atoms with Gasteiger partial charge in [-0.15, -0.1) is 17.9 Å². The molecule has 2 aromatic heterocycles. The van der Waals surface area contributed by atoms with Gasteiger partial charge in [0.2, 0.25) is 17.7 Å². The number of ether oxygens (including phenoxy) is 2. The SMILES string of the molecule is C=C[C@@H]1CC1(NC(=O)[C@@H]1C[C@@H](Oc2cc(-c3nc(C(C)C)cs3)nc3c(C)c(OC)ccc23)CN1C(=O)[C@@H](CC(=O)N1CCCC(F)C1)C(C)(C)C)C(=O)N(C1CC1)S(=O)[O-]. The van der Waals surface area contributed by atoms with E-state index < -0.39 is 76.1 Å². The summed E-state index contributed by atoms with van der Waals surface area (Å²) in [7, 11) is 1.59. The van der Waals surface area contributed by atoms with Gasteiger partial charge < -0.3 is 29.1 Å². The molecular weight excluding hydrogens is 824 g/mol. The van der Waals surface area contributed by atoms with Crippen LogP contribution in [0.1, 0.15) is 96.7 Å². The standard InChI is InChI=1S/C44H57FN6O8S2/c1-9-26-20-44(26,42(55)51(61(56)57)28-12-13-28)48-39(53)34-17-29(22-50(34)41(54)31(43(5,6)7)18-37(52)49-16-10-11-27(45)21-49)59-36-19-32(40-47-33(23-60-40)24(2)3)46-38-25(4)35(58-8)15-14-30(36)38/h9,14-15,19,23-24,26-29,31,34H,1,10-13,16-18,20-22H2,2-8H3,(H,48,53)(H,56,57)/p-1/t26-,27?,29-,31-,34+,44?/m1/s1. The molecule has 330 valence electrons. The molecule has 2 saturated heterocycles. The zero-order chi connectivity index (χ0) is 44.1. The third-order valence-corrected chi connectivity index (χ3v) is 14.2. The van der Waals surface area contributed by atoms with Crippen LogP contribution in [0.2, 0.25) is 0 Å². The lowest BCUT2D eigenvalue weighted by Crippen LogP contribution is -2.57. The van der Waals surface area contributed by atoms with E-state index in [4.69, 9.17) is 19.4 Å². The zero-order valence-corrected chi connectivity index (χ0v) is 37.5. The molecule has 4 fully saturated rings. The number of nitrogens with zero attached hydrogens (tertiary/aromatic N) is 5. The van der Waals surface area contributed by atoms with Crippen LogP contribution in [-0.2, 0) is 30.4 Å². The number of carbonyl (C=O) groups excluding carboxylic acids is 4.